The molecule has 0 aromatic heterocycles. The Balaban J connectivity index is 1.47. The van der Waals surface area contributed by atoms with Gasteiger partial charge in [-0.05, 0) is 67.6 Å². The van der Waals surface area contributed by atoms with Gasteiger partial charge in [0.2, 0.25) is 0 Å². The number of benzene rings is 2. The van der Waals surface area contributed by atoms with E-state index in [1.807, 2.05) is 24.3 Å². The zero-order valence-corrected chi connectivity index (χ0v) is 14.2. The summed E-state index contributed by atoms with van der Waals surface area (Å²) in [4.78, 5) is 15.0. The maximum atomic E-state index is 12.6. The second-order valence-electron chi connectivity index (χ2n) is 7.11. The maximum absolute atomic E-state index is 12.6. The molecule has 5 rings (SSSR count). The van der Waals surface area contributed by atoms with E-state index in [0.717, 1.165) is 17.7 Å². The number of carbonyl (C=O) groups is 1. The number of aryl methyl sites for hydroxylation is 1. The molecule has 1 atom stereocenters. The third-order valence-corrected chi connectivity index (χ3v) is 5.58. The fourth-order valence-electron chi connectivity index (χ4n) is 4.08. The van der Waals surface area contributed by atoms with Crippen molar-refractivity contribution in [3.63, 3.8) is 0 Å². The van der Waals surface area contributed by atoms with Crippen molar-refractivity contribution in [1.82, 2.24) is 10.2 Å². The zero-order valence-electron chi connectivity index (χ0n) is 14.2. The molecule has 0 saturated carbocycles. The Kier molecular flexibility index (Phi) is 4.11. The number of hydrogen-bond acceptors (Lipinski definition) is 2. The summed E-state index contributed by atoms with van der Waals surface area (Å²) in [6.07, 6.45) is 2.44. The average molecular weight is 320 g/mol. The maximum Gasteiger partial charge on any atom is 0.251 e. The monoisotopic (exact) mass is 320 g/mol. The van der Waals surface area contributed by atoms with Crippen LogP contribution in [0.25, 0.3) is 11.1 Å². The van der Waals surface area contributed by atoms with Crippen molar-refractivity contribution in [2.75, 3.05) is 19.6 Å². The van der Waals surface area contributed by atoms with Gasteiger partial charge in [0.15, 0.2) is 0 Å². The largest absolute Gasteiger partial charge is 0.348 e. The highest BCUT2D eigenvalue weighted by Crippen LogP contribution is 2.28. The molecule has 124 valence electrons. The molecule has 2 aromatic carbocycles. The van der Waals surface area contributed by atoms with Crippen molar-refractivity contribution in [1.29, 1.82) is 0 Å². The van der Waals surface area contributed by atoms with Crippen molar-refractivity contribution in [2.45, 2.75) is 25.8 Å². The van der Waals surface area contributed by atoms with Gasteiger partial charge in [-0.1, -0.05) is 36.4 Å². The number of nitrogens with one attached hydrogen (secondary N) is 1. The normalized spacial score (nSPS) is 25.5. The Hall–Kier alpha value is -2.13. The molecule has 1 amide bonds. The Labute approximate surface area is 143 Å². The molecule has 0 spiro atoms. The van der Waals surface area contributed by atoms with Crippen molar-refractivity contribution in [3.8, 4) is 11.1 Å². The lowest BCUT2D eigenvalue weighted by Gasteiger charge is -2.44. The molecule has 2 aromatic rings. The Bertz CT molecular complexity index is 730. The quantitative estimate of drug-likeness (QED) is 0.939. The van der Waals surface area contributed by atoms with Crippen LogP contribution >= 0.6 is 0 Å². The number of hydrogen-bond donors (Lipinski definition) is 1. The molecule has 3 aliphatic rings. The van der Waals surface area contributed by atoms with Gasteiger partial charge in [0, 0.05) is 18.2 Å². The molecular weight excluding hydrogens is 296 g/mol. The first-order valence-electron chi connectivity index (χ1n) is 8.90. The molecular formula is C21H24N2O. The van der Waals surface area contributed by atoms with Gasteiger partial charge in [-0.25, -0.2) is 0 Å². The summed E-state index contributed by atoms with van der Waals surface area (Å²) in [5, 5.41) is 3.26. The second-order valence-corrected chi connectivity index (χ2v) is 7.11. The molecule has 3 heteroatoms. The third-order valence-electron chi connectivity index (χ3n) is 5.58. The summed E-state index contributed by atoms with van der Waals surface area (Å²) in [6, 6.07) is 16.6. The van der Waals surface area contributed by atoms with E-state index in [9.17, 15) is 4.79 Å². The Morgan fingerprint density at radius 2 is 1.75 bits per heavy atom. The van der Waals surface area contributed by atoms with Gasteiger partial charge >= 0.3 is 0 Å². The van der Waals surface area contributed by atoms with Gasteiger partial charge in [-0.2, -0.15) is 0 Å². The molecule has 24 heavy (non-hydrogen) atoms. The fraction of sp³-hybridized carbons (Fsp3) is 0.381. The molecule has 0 radical (unpaired) electrons. The lowest BCUT2D eigenvalue weighted by atomic mass is 9.84. The molecule has 3 aliphatic heterocycles. The van der Waals surface area contributed by atoms with Crippen molar-refractivity contribution in [2.24, 2.45) is 5.92 Å². The van der Waals surface area contributed by atoms with E-state index < -0.39 is 0 Å². The van der Waals surface area contributed by atoms with E-state index in [4.69, 9.17) is 0 Å². The van der Waals surface area contributed by atoms with Crippen LogP contribution in [-0.4, -0.2) is 36.5 Å². The van der Waals surface area contributed by atoms with E-state index in [1.54, 1.807) is 0 Å². The molecule has 3 fully saturated rings. The third kappa shape index (κ3) is 2.96. The van der Waals surface area contributed by atoms with E-state index >= 15 is 0 Å². The highest BCUT2D eigenvalue weighted by atomic mass is 16.1. The second kappa shape index (κ2) is 6.40. The highest BCUT2D eigenvalue weighted by molar-refractivity contribution is 5.95. The van der Waals surface area contributed by atoms with Crippen LogP contribution in [-0.2, 0) is 0 Å². The minimum atomic E-state index is 0.0603. The van der Waals surface area contributed by atoms with Crippen LogP contribution in [0.1, 0.15) is 28.8 Å². The molecule has 1 unspecified atom stereocenters. The molecule has 1 N–H and O–H groups in total. The molecule has 3 nitrogen and oxygen atoms in total. The van der Waals surface area contributed by atoms with Crippen molar-refractivity contribution in [3.05, 3.63) is 59.7 Å². The predicted molar refractivity (Wildman–Crippen MR) is 97.0 cm³/mol. The number of amides is 1. The Morgan fingerprint density at radius 3 is 2.38 bits per heavy atom. The minimum Gasteiger partial charge on any atom is -0.348 e. The number of piperidine rings is 3. The number of carbonyl (C=O) groups excluding carboxylic acids is 1. The summed E-state index contributed by atoms with van der Waals surface area (Å²) in [5.41, 5.74) is 4.39. The van der Waals surface area contributed by atoms with Crippen LogP contribution in [0.2, 0.25) is 0 Å². The Morgan fingerprint density at radius 1 is 1.04 bits per heavy atom. The predicted octanol–water partition coefficient (Wildman–Crippen LogP) is 3.49. The lowest BCUT2D eigenvalue weighted by Crippen LogP contribution is -2.57. The highest BCUT2D eigenvalue weighted by Gasteiger charge is 2.34. The van der Waals surface area contributed by atoms with Gasteiger partial charge in [-0.3, -0.25) is 4.79 Å². The fourth-order valence-corrected chi connectivity index (χ4v) is 4.08. The van der Waals surface area contributed by atoms with Gasteiger partial charge in [0.25, 0.3) is 5.91 Å². The van der Waals surface area contributed by atoms with E-state index in [2.05, 4.69) is 41.4 Å². The molecule has 3 heterocycles. The van der Waals surface area contributed by atoms with E-state index in [1.165, 1.54) is 37.1 Å². The first-order chi connectivity index (χ1) is 11.7. The first kappa shape index (κ1) is 15.4. The topological polar surface area (TPSA) is 32.3 Å². The first-order valence-corrected chi connectivity index (χ1v) is 8.90. The lowest BCUT2D eigenvalue weighted by molar-refractivity contribution is 0.0620. The van der Waals surface area contributed by atoms with Crippen molar-refractivity contribution >= 4 is 5.91 Å². The smallest absolute Gasteiger partial charge is 0.251 e. The van der Waals surface area contributed by atoms with Crippen molar-refractivity contribution < 1.29 is 4.79 Å². The summed E-state index contributed by atoms with van der Waals surface area (Å²) in [6.45, 7) is 5.52. The summed E-state index contributed by atoms with van der Waals surface area (Å²) < 4.78 is 0. The molecule has 0 aliphatic carbocycles. The zero-order chi connectivity index (χ0) is 16.5. The number of nitrogens with zero attached hydrogens (tertiary/aromatic N) is 1. The summed E-state index contributed by atoms with van der Waals surface area (Å²) >= 11 is 0. The van der Waals surface area contributed by atoms with Crippen LogP contribution in [0, 0.1) is 12.8 Å². The van der Waals surface area contributed by atoms with Gasteiger partial charge in [-0.15, -0.1) is 0 Å². The summed E-state index contributed by atoms with van der Waals surface area (Å²) in [7, 11) is 0. The average Bonchev–Trinajstić information content (AvgIpc) is 2.63. The molecule has 3 saturated heterocycles. The number of rotatable bonds is 3. The van der Waals surface area contributed by atoms with Gasteiger partial charge in [0.1, 0.15) is 0 Å². The van der Waals surface area contributed by atoms with Crippen LogP contribution in [0.15, 0.2) is 48.5 Å². The van der Waals surface area contributed by atoms with Crippen LogP contribution in [0.5, 0.6) is 0 Å². The van der Waals surface area contributed by atoms with Gasteiger partial charge in [0.05, 0.1) is 0 Å². The summed E-state index contributed by atoms with van der Waals surface area (Å²) in [5.74, 6) is 0.718. The standard InChI is InChI=1S/C21H24N2O/c1-15-4-2-3-5-19(15)16-6-8-18(9-7-16)21(24)22-20-14-23-12-10-17(20)11-13-23/h2-9,17,20H,10-14H2,1H3,(H,22,24). The SMILES string of the molecule is Cc1ccccc1-c1ccc(C(=O)NC2CN3CCC2CC3)cc1. The van der Waals surface area contributed by atoms with Crippen LogP contribution in [0.4, 0.5) is 0 Å². The minimum absolute atomic E-state index is 0.0603. The van der Waals surface area contributed by atoms with Crippen LogP contribution < -0.4 is 5.32 Å². The van der Waals surface area contributed by atoms with Gasteiger partial charge < -0.3 is 10.2 Å². The molecule has 2 bridgehead atoms. The number of fused-ring (bicyclic) bond motifs is 3. The van der Waals surface area contributed by atoms with E-state index in [-0.39, 0.29) is 5.91 Å². The van der Waals surface area contributed by atoms with E-state index in [0.29, 0.717) is 12.0 Å². The van der Waals surface area contributed by atoms with Crippen LogP contribution in [0.3, 0.4) is 0 Å².